The van der Waals surface area contributed by atoms with E-state index in [1.807, 2.05) is 0 Å². The molecule has 0 heterocycles. The molecule has 0 spiro atoms. The largest absolute Gasteiger partial charge is 0.397 e. The summed E-state index contributed by atoms with van der Waals surface area (Å²) in [7, 11) is 0. The molecule has 0 fully saturated rings. The molecule has 21 heavy (non-hydrogen) atoms. The quantitative estimate of drug-likeness (QED) is 0.564. The number of aliphatic hydroxyl groups excluding tert-OH is 1. The molecule has 0 bridgehead atoms. The van der Waals surface area contributed by atoms with E-state index in [9.17, 15) is 4.79 Å². The van der Waals surface area contributed by atoms with Crippen molar-refractivity contribution in [3.63, 3.8) is 0 Å². The zero-order valence-electron chi connectivity index (χ0n) is 12.2. The molecule has 0 saturated heterocycles. The summed E-state index contributed by atoms with van der Waals surface area (Å²) in [5.74, 6) is -0.189. The number of nitrogen functional groups attached to an aromatic ring is 1. The van der Waals surface area contributed by atoms with Crippen molar-refractivity contribution in [3.05, 3.63) is 27.7 Å². The van der Waals surface area contributed by atoms with Gasteiger partial charge in [-0.25, -0.2) is 0 Å². The van der Waals surface area contributed by atoms with E-state index < -0.39 is 0 Å². The van der Waals surface area contributed by atoms with Crippen molar-refractivity contribution < 1.29 is 9.90 Å². The molecule has 1 amide bonds. The van der Waals surface area contributed by atoms with E-state index in [0.717, 1.165) is 25.7 Å². The second-order valence-corrected chi connectivity index (χ2v) is 5.72. The molecule has 0 aromatic heterocycles. The maximum atomic E-state index is 12.5. The van der Waals surface area contributed by atoms with Gasteiger partial charge in [0.25, 0.3) is 5.91 Å². The molecular weight excluding hydrogens is 311 g/mol. The average Bonchev–Trinajstić information content (AvgIpc) is 2.46. The van der Waals surface area contributed by atoms with E-state index in [4.69, 9.17) is 34.0 Å². The molecule has 0 unspecified atom stereocenters. The molecule has 1 aromatic rings. The van der Waals surface area contributed by atoms with Gasteiger partial charge in [0.15, 0.2) is 0 Å². The van der Waals surface area contributed by atoms with Crippen molar-refractivity contribution in [2.75, 3.05) is 25.4 Å². The van der Waals surface area contributed by atoms with Gasteiger partial charge in [-0.1, -0.05) is 49.4 Å². The van der Waals surface area contributed by atoms with Crippen LogP contribution in [0.3, 0.4) is 0 Å². The molecule has 6 heteroatoms. The molecule has 1 aromatic carbocycles. The first-order valence-corrected chi connectivity index (χ1v) is 7.91. The summed E-state index contributed by atoms with van der Waals surface area (Å²) >= 11 is 11.9. The molecule has 0 aliphatic heterocycles. The van der Waals surface area contributed by atoms with E-state index in [1.165, 1.54) is 12.1 Å². The highest BCUT2D eigenvalue weighted by Crippen LogP contribution is 2.29. The molecule has 0 aliphatic carbocycles. The van der Waals surface area contributed by atoms with Gasteiger partial charge in [-0.2, -0.15) is 0 Å². The number of amides is 1. The minimum absolute atomic E-state index is 0.0731. The fourth-order valence-electron chi connectivity index (χ4n) is 2.08. The van der Waals surface area contributed by atoms with Crippen LogP contribution in [-0.2, 0) is 0 Å². The lowest BCUT2D eigenvalue weighted by atomic mass is 10.1. The van der Waals surface area contributed by atoms with Crippen LogP contribution in [0.4, 0.5) is 5.69 Å². The summed E-state index contributed by atoms with van der Waals surface area (Å²) in [5.41, 5.74) is 6.41. The van der Waals surface area contributed by atoms with Crippen LogP contribution in [0.15, 0.2) is 12.1 Å². The van der Waals surface area contributed by atoms with E-state index in [1.54, 1.807) is 4.90 Å². The lowest BCUT2D eigenvalue weighted by Gasteiger charge is -2.22. The third-order valence-corrected chi connectivity index (χ3v) is 4.06. The van der Waals surface area contributed by atoms with Crippen LogP contribution in [0, 0.1) is 0 Å². The Labute approximate surface area is 135 Å². The summed E-state index contributed by atoms with van der Waals surface area (Å²) in [5, 5.41) is 9.64. The Morgan fingerprint density at radius 3 is 2.52 bits per heavy atom. The number of benzene rings is 1. The Balaban J connectivity index is 2.80. The van der Waals surface area contributed by atoms with Crippen LogP contribution in [0.5, 0.6) is 0 Å². The van der Waals surface area contributed by atoms with E-state index >= 15 is 0 Å². The van der Waals surface area contributed by atoms with Crippen molar-refractivity contribution in [3.8, 4) is 0 Å². The summed E-state index contributed by atoms with van der Waals surface area (Å²) < 4.78 is 0. The van der Waals surface area contributed by atoms with Crippen LogP contribution in [-0.4, -0.2) is 35.6 Å². The van der Waals surface area contributed by atoms with Crippen LogP contribution in [0.25, 0.3) is 0 Å². The normalized spacial score (nSPS) is 10.7. The molecule has 4 nitrogen and oxygen atoms in total. The first-order chi connectivity index (χ1) is 10.0. The summed E-state index contributed by atoms with van der Waals surface area (Å²) in [6.07, 6.45) is 4.25. The van der Waals surface area contributed by atoms with Crippen molar-refractivity contribution >= 4 is 34.8 Å². The second kappa shape index (κ2) is 9.13. The Kier molecular flexibility index (Phi) is 7.86. The third kappa shape index (κ3) is 5.38. The van der Waals surface area contributed by atoms with Gasteiger partial charge >= 0.3 is 0 Å². The van der Waals surface area contributed by atoms with Crippen molar-refractivity contribution in [1.82, 2.24) is 4.90 Å². The molecule has 3 N–H and O–H groups in total. The molecule has 1 rings (SSSR count). The highest BCUT2D eigenvalue weighted by atomic mass is 35.5. The maximum absolute atomic E-state index is 12.5. The third-order valence-electron chi connectivity index (χ3n) is 3.24. The fourth-order valence-corrected chi connectivity index (χ4v) is 2.42. The molecule has 0 radical (unpaired) electrons. The van der Waals surface area contributed by atoms with Gasteiger partial charge in [0.2, 0.25) is 0 Å². The molecule has 118 valence electrons. The van der Waals surface area contributed by atoms with Gasteiger partial charge in [-0.05, 0) is 18.6 Å². The molecule has 0 aliphatic rings. The van der Waals surface area contributed by atoms with Crippen LogP contribution < -0.4 is 5.73 Å². The number of carbonyl (C=O) groups excluding carboxylic acids is 1. The number of anilines is 1. The second-order valence-electron chi connectivity index (χ2n) is 4.94. The molecule has 0 saturated carbocycles. The highest BCUT2D eigenvalue weighted by molar-refractivity contribution is 6.43. The zero-order chi connectivity index (χ0) is 15.8. The summed E-state index contributed by atoms with van der Waals surface area (Å²) in [6, 6.07) is 3.03. The predicted octanol–water partition coefficient (Wildman–Crippen LogP) is 3.59. The van der Waals surface area contributed by atoms with Crippen molar-refractivity contribution in [2.24, 2.45) is 0 Å². The number of hydrogen-bond acceptors (Lipinski definition) is 3. The zero-order valence-corrected chi connectivity index (χ0v) is 13.8. The Bertz CT molecular complexity index is 458. The monoisotopic (exact) mass is 332 g/mol. The number of halogens is 2. The smallest absolute Gasteiger partial charge is 0.254 e. The topological polar surface area (TPSA) is 66.6 Å². The summed E-state index contributed by atoms with van der Waals surface area (Å²) in [4.78, 5) is 14.1. The molecule has 0 atom stereocenters. The Morgan fingerprint density at radius 1 is 1.24 bits per heavy atom. The first-order valence-electron chi connectivity index (χ1n) is 7.15. The minimum atomic E-state index is -0.189. The van der Waals surface area contributed by atoms with Gasteiger partial charge in [-0.15, -0.1) is 0 Å². The van der Waals surface area contributed by atoms with Crippen LogP contribution in [0.1, 0.15) is 43.0 Å². The number of carbonyl (C=O) groups is 1. The van der Waals surface area contributed by atoms with E-state index in [2.05, 4.69) is 6.92 Å². The van der Waals surface area contributed by atoms with Crippen molar-refractivity contribution in [1.29, 1.82) is 0 Å². The number of nitrogens with two attached hydrogens (primary N) is 1. The standard InChI is InChI=1S/C15H22Cl2N2O2/c1-2-3-4-5-6-19(7-8-20)15(21)11-9-12(16)14(17)13(18)10-11/h9-10,20H,2-8,18H2,1H3. The van der Waals surface area contributed by atoms with Crippen molar-refractivity contribution in [2.45, 2.75) is 32.6 Å². The Morgan fingerprint density at radius 2 is 1.95 bits per heavy atom. The fraction of sp³-hybridized carbons (Fsp3) is 0.533. The summed E-state index contributed by atoms with van der Waals surface area (Å²) in [6.45, 7) is 2.97. The van der Waals surface area contributed by atoms with Gasteiger partial charge in [0, 0.05) is 18.7 Å². The van der Waals surface area contributed by atoms with Gasteiger partial charge < -0.3 is 15.7 Å². The van der Waals surface area contributed by atoms with Crippen LogP contribution >= 0.6 is 23.2 Å². The van der Waals surface area contributed by atoms with Gasteiger partial charge in [0.1, 0.15) is 0 Å². The molecular formula is C15H22Cl2N2O2. The minimum Gasteiger partial charge on any atom is -0.397 e. The van der Waals surface area contributed by atoms with E-state index in [0.29, 0.717) is 18.7 Å². The number of nitrogens with zero attached hydrogens (tertiary/aromatic N) is 1. The lowest BCUT2D eigenvalue weighted by molar-refractivity contribution is 0.0718. The lowest BCUT2D eigenvalue weighted by Crippen LogP contribution is -2.34. The SMILES string of the molecule is CCCCCCN(CCO)C(=O)c1cc(N)c(Cl)c(Cl)c1. The first kappa shape index (κ1) is 18.1. The predicted molar refractivity (Wildman–Crippen MR) is 88.0 cm³/mol. The number of hydrogen-bond donors (Lipinski definition) is 2. The number of rotatable bonds is 8. The number of unbranched alkanes of at least 4 members (excludes halogenated alkanes) is 3. The average molecular weight is 333 g/mol. The van der Waals surface area contributed by atoms with E-state index in [-0.39, 0.29) is 28.2 Å². The van der Waals surface area contributed by atoms with Gasteiger partial charge in [0.05, 0.1) is 22.3 Å². The Hall–Kier alpha value is -0.970. The van der Waals surface area contributed by atoms with Crippen LogP contribution in [0.2, 0.25) is 10.0 Å². The van der Waals surface area contributed by atoms with Gasteiger partial charge in [-0.3, -0.25) is 4.79 Å². The number of aliphatic hydroxyl groups is 1. The highest BCUT2D eigenvalue weighted by Gasteiger charge is 2.17. The maximum Gasteiger partial charge on any atom is 0.254 e.